The number of hydrogen-bond donors (Lipinski definition) is 0. The SMILES string of the molecule is CN(C)C[C@H]1COCCN(C(=O)c2ccc3c(c2)N(C)C(=O)CO3)C1. The molecule has 1 fully saturated rings. The fraction of sp³-hybridized carbons (Fsp3) is 0.556. The van der Waals surface area contributed by atoms with Crippen molar-refractivity contribution in [1.82, 2.24) is 9.80 Å². The lowest BCUT2D eigenvalue weighted by molar-refractivity contribution is -0.120. The number of benzene rings is 1. The van der Waals surface area contributed by atoms with E-state index in [0.29, 0.717) is 43.3 Å². The van der Waals surface area contributed by atoms with E-state index < -0.39 is 0 Å². The molecule has 0 radical (unpaired) electrons. The first kappa shape index (κ1) is 17.7. The first-order chi connectivity index (χ1) is 12.0. The van der Waals surface area contributed by atoms with Crippen molar-refractivity contribution in [3.05, 3.63) is 23.8 Å². The van der Waals surface area contributed by atoms with Crippen LogP contribution in [0, 0.1) is 5.92 Å². The second-order valence-electron chi connectivity index (χ2n) is 6.88. The van der Waals surface area contributed by atoms with Crippen molar-refractivity contribution in [2.24, 2.45) is 5.92 Å². The summed E-state index contributed by atoms with van der Waals surface area (Å²) in [4.78, 5) is 30.3. The zero-order valence-corrected chi connectivity index (χ0v) is 15.0. The molecule has 0 saturated carbocycles. The van der Waals surface area contributed by atoms with Crippen molar-refractivity contribution >= 4 is 17.5 Å². The molecule has 25 heavy (non-hydrogen) atoms. The second-order valence-corrected chi connectivity index (χ2v) is 6.88. The molecule has 0 bridgehead atoms. The largest absolute Gasteiger partial charge is 0.482 e. The highest BCUT2D eigenvalue weighted by Gasteiger charge is 2.27. The monoisotopic (exact) mass is 347 g/mol. The van der Waals surface area contributed by atoms with Gasteiger partial charge in [0.25, 0.3) is 11.8 Å². The number of carbonyl (C=O) groups is 2. The van der Waals surface area contributed by atoms with Gasteiger partial charge in [-0.05, 0) is 32.3 Å². The van der Waals surface area contributed by atoms with Gasteiger partial charge in [0.2, 0.25) is 0 Å². The Labute approximate surface area is 148 Å². The van der Waals surface area contributed by atoms with Crippen LogP contribution in [-0.2, 0) is 9.53 Å². The molecule has 2 aliphatic rings. The molecule has 0 spiro atoms. The average Bonchev–Trinajstić information content (AvgIpc) is 2.82. The molecule has 1 atom stereocenters. The molecule has 0 aliphatic carbocycles. The highest BCUT2D eigenvalue weighted by molar-refractivity contribution is 6.01. The molecule has 2 heterocycles. The normalized spacial score (nSPS) is 21.0. The summed E-state index contributed by atoms with van der Waals surface area (Å²) in [5, 5.41) is 0. The number of rotatable bonds is 3. The number of anilines is 1. The molecule has 1 saturated heterocycles. The van der Waals surface area contributed by atoms with E-state index >= 15 is 0 Å². The maximum atomic E-state index is 13.0. The zero-order chi connectivity index (χ0) is 18.0. The Balaban J connectivity index is 1.79. The van der Waals surface area contributed by atoms with Crippen molar-refractivity contribution in [3.63, 3.8) is 0 Å². The minimum absolute atomic E-state index is 0.0342. The molecular formula is C18H25N3O4. The maximum Gasteiger partial charge on any atom is 0.264 e. The van der Waals surface area contributed by atoms with E-state index in [2.05, 4.69) is 4.90 Å². The molecule has 1 aromatic carbocycles. The van der Waals surface area contributed by atoms with Crippen LogP contribution in [0.3, 0.4) is 0 Å². The van der Waals surface area contributed by atoms with Crippen molar-refractivity contribution in [2.75, 3.05) is 65.5 Å². The van der Waals surface area contributed by atoms with E-state index in [-0.39, 0.29) is 24.3 Å². The minimum atomic E-state index is -0.119. The summed E-state index contributed by atoms with van der Waals surface area (Å²) in [5.41, 5.74) is 1.20. The molecule has 7 nitrogen and oxygen atoms in total. The number of carbonyl (C=O) groups excluding carboxylic acids is 2. The maximum absolute atomic E-state index is 13.0. The summed E-state index contributed by atoms with van der Waals surface area (Å²) in [6.45, 7) is 3.36. The Morgan fingerprint density at radius 3 is 2.92 bits per heavy atom. The van der Waals surface area contributed by atoms with Gasteiger partial charge in [0.15, 0.2) is 6.61 Å². The number of likely N-dealkylation sites (N-methyl/N-ethyl adjacent to an activating group) is 1. The van der Waals surface area contributed by atoms with Crippen LogP contribution in [0.15, 0.2) is 18.2 Å². The Morgan fingerprint density at radius 1 is 1.36 bits per heavy atom. The second kappa shape index (κ2) is 7.41. The molecule has 0 N–H and O–H groups in total. The highest BCUT2D eigenvalue weighted by Crippen LogP contribution is 2.32. The fourth-order valence-corrected chi connectivity index (χ4v) is 3.28. The van der Waals surface area contributed by atoms with Crippen molar-refractivity contribution in [1.29, 1.82) is 0 Å². The van der Waals surface area contributed by atoms with E-state index in [1.165, 1.54) is 4.90 Å². The van der Waals surface area contributed by atoms with Crippen LogP contribution in [0.1, 0.15) is 10.4 Å². The van der Waals surface area contributed by atoms with E-state index in [4.69, 9.17) is 9.47 Å². The van der Waals surface area contributed by atoms with E-state index in [1.54, 1.807) is 25.2 Å². The van der Waals surface area contributed by atoms with E-state index in [1.807, 2.05) is 19.0 Å². The number of fused-ring (bicyclic) bond motifs is 1. The standard InChI is InChI=1S/C18H25N3O4/c1-19(2)9-13-10-21(6-7-24-11-13)18(23)14-4-5-16-15(8-14)20(3)17(22)12-25-16/h4-5,8,13H,6-7,9-12H2,1-3H3/t13-/m1/s1. The van der Waals surface area contributed by atoms with Gasteiger partial charge < -0.3 is 24.2 Å². The molecule has 2 amide bonds. The third-order valence-corrected chi connectivity index (χ3v) is 4.54. The van der Waals surface area contributed by atoms with Gasteiger partial charge in [0.05, 0.1) is 18.9 Å². The van der Waals surface area contributed by atoms with Crippen LogP contribution in [0.4, 0.5) is 5.69 Å². The van der Waals surface area contributed by atoms with Gasteiger partial charge in [0.1, 0.15) is 5.75 Å². The van der Waals surface area contributed by atoms with Gasteiger partial charge in [0, 0.05) is 38.2 Å². The van der Waals surface area contributed by atoms with Crippen LogP contribution >= 0.6 is 0 Å². The average molecular weight is 347 g/mol. The molecular weight excluding hydrogens is 322 g/mol. The Morgan fingerprint density at radius 2 is 2.16 bits per heavy atom. The lowest BCUT2D eigenvalue weighted by Crippen LogP contribution is -2.39. The zero-order valence-electron chi connectivity index (χ0n) is 15.0. The van der Waals surface area contributed by atoms with Gasteiger partial charge in [-0.1, -0.05) is 0 Å². The quantitative estimate of drug-likeness (QED) is 0.805. The number of hydrogen-bond acceptors (Lipinski definition) is 5. The van der Waals surface area contributed by atoms with Crippen LogP contribution in [0.25, 0.3) is 0 Å². The Kier molecular flexibility index (Phi) is 5.24. The summed E-state index contributed by atoms with van der Waals surface area (Å²) >= 11 is 0. The van der Waals surface area contributed by atoms with Gasteiger partial charge in [-0.15, -0.1) is 0 Å². The van der Waals surface area contributed by atoms with Crippen molar-refractivity contribution in [2.45, 2.75) is 0 Å². The predicted octanol–water partition coefficient (Wildman–Crippen LogP) is 0.692. The molecule has 3 rings (SSSR count). The molecule has 7 heteroatoms. The van der Waals surface area contributed by atoms with Crippen molar-refractivity contribution < 1.29 is 19.1 Å². The lowest BCUT2D eigenvalue weighted by Gasteiger charge is -2.28. The van der Waals surface area contributed by atoms with Crippen LogP contribution < -0.4 is 9.64 Å². The van der Waals surface area contributed by atoms with E-state index in [0.717, 1.165) is 6.54 Å². The summed E-state index contributed by atoms with van der Waals surface area (Å²) in [7, 11) is 5.74. The molecule has 0 aromatic heterocycles. The summed E-state index contributed by atoms with van der Waals surface area (Å²) in [6.07, 6.45) is 0. The third kappa shape index (κ3) is 3.93. The number of ether oxygens (including phenoxy) is 2. The number of nitrogens with zero attached hydrogens (tertiary/aromatic N) is 3. The topological polar surface area (TPSA) is 62.3 Å². The Hall–Kier alpha value is -2.12. The minimum Gasteiger partial charge on any atom is -0.482 e. The Bertz CT molecular complexity index is 662. The van der Waals surface area contributed by atoms with Crippen LogP contribution in [0.2, 0.25) is 0 Å². The predicted molar refractivity (Wildman–Crippen MR) is 94.1 cm³/mol. The number of amides is 2. The van der Waals surface area contributed by atoms with E-state index in [9.17, 15) is 9.59 Å². The van der Waals surface area contributed by atoms with Gasteiger partial charge in [-0.3, -0.25) is 9.59 Å². The smallest absolute Gasteiger partial charge is 0.264 e. The lowest BCUT2D eigenvalue weighted by atomic mass is 10.1. The fourth-order valence-electron chi connectivity index (χ4n) is 3.28. The van der Waals surface area contributed by atoms with Crippen molar-refractivity contribution in [3.8, 4) is 5.75 Å². The molecule has 1 aromatic rings. The van der Waals surface area contributed by atoms with Gasteiger partial charge in [-0.2, -0.15) is 0 Å². The van der Waals surface area contributed by atoms with Crippen LogP contribution in [0.5, 0.6) is 5.75 Å². The highest BCUT2D eigenvalue weighted by atomic mass is 16.5. The first-order valence-corrected chi connectivity index (χ1v) is 8.51. The molecule has 0 unspecified atom stereocenters. The summed E-state index contributed by atoms with van der Waals surface area (Å²) < 4.78 is 11.1. The molecule has 136 valence electrons. The summed E-state index contributed by atoms with van der Waals surface area (Å²) in [6, 6.07) is 5.26. The van der Waals surface area contributed by atoms with Crippen LogP contribution in [-0.4, -0.2) is 82.2 Å². The third-order valence-electron chi connectivity index (χ3n) is 4.54. The van der Waals surface area contributed by atoms with Gasteiger partial charge in [-0.25, -0.2) is 0 Å². The summed E-state index contributed by atoms with van der Waals surface area (Å²) in [5.74, 6) is 0.754. The van der Waals surface area contributed by atoms with Gasteiger partial charge >= 0.3 is 0 Å². The first-order valence-electron chi connectivity index (χ1n) is 8.51. The molecule has 2 aliphatic heterocycles.